The van der Waals surface area contributed by atoms with E-state index in [-0.39, 0.29) is 18.0 Å². The number of benzene rings is 1. The molecule has 5 nitrogen and oxygen atoms in total. The number of rotatable bonds is 4. The van der Waals surface area contributed by atoms with Crippen LogP contribution in [0, 0.1) is 12.7 Å². The van der Waals surface area contributed by atoms with Crippen LogP contribution < -0.4 is 4.74 Å². The van der Waals surface area contributed by atoms with E-state index in [2.05, 4.69) is 9.97 Å². The van der Waals surface area contributed by atoms with E-state index in [1.165, 1.54) is 19.3 Å². The molecule has 0 atom stereocenters. The Morgan fingerprint density at radius 2 is 2.21 bits per heavy atom. The minimum absolute atomic E-state index is 0.123. The molecule has 0 aliphatic rings. The molecule has 2 rings (SSSR count). The molecule has 1 heterocycles. The van der Waals surface area contributed by atoms with Crippen LogP contribution in [0.1, 0.15) is 11.3 Å². The molecule has 0 radical (unpaired) electrons. The van der Waals surface area contributed by atoms with Crippen molar-refractivity contribution in [2.75, 3.05) is 0 Å². The van der Waals surface area contributed by atoms with Gasteiger partial charge in [-0.15, -0.1) is 0 Å². The third-order valence-electron chi connectivity index (χ3n) is 2.40. The lowest BCUT2D eigenvalue weighted by Gasteiger charge is -2.07. The van der Waals surface area contributed by atoms with Gasteiger partial charge in [0, 0.05) is 0 Å². The highest BCUT2D eigenvalue weighted by Gasteiger charge is 2.10. The highest BCUT2D eigenvalue weighted by Crippen LogP contribution is 2.23. The van der Waals surface area contributed by atoms with Gasteiger partial charge in [0.25, 0.3) is 5.88 Å². The molecule has 98 valence electrons. The van der Waals surface area contributed by atoms with Crippen LogP contribution in [0.2, 0.25) is 0 Å². The molecule has 0 bridgehead atoms. The van der Waals surface area contributed by atoms with E-state index in [1.807, 2.05) is 0 Å². The molecule has 0 unspecified atom stereocenters. The maximum Gasteiger partial charge on any atom is 0.307 e. The van der Waals surface area contributed by atoms with Gasteiger partial charge in [0.2, 0.25) is 5.82 Å². The molecular weight excluding hydrogens is 251 g/mol. The van der Waals surface area contributed by atoms with Gasteiger partial charge >= 0.3 is 5.97 Å². The standard InChI is InChI=1S/C13H11FN2O3/c1-8-12(14)13(16-7-15-8)19-10-4-2-3-9(5-10)6-11(17)18/h2-5,7H,6H2,1H3,(H,17,18). The summed E-state index contributed by atoms with van der Waals surface area (Å²) in [5.74, 6) is -1.43. The number of carboxylic acids is 1. The Morgan fingerprint density at radius 1 is 1.42 bits per heavy atom. The molecule has 1 aromatic heterocycles. The van der Waals surface area contributed by atoms with Crippen LogP contribution in [0.15, 0.2) is 30.6 Å². The molecule has 0 saturated carbocycles. The molecule has 0 amide bonds. The lowest BCUT2D eigenvalue weighted by atomic mass is 10.1. The quantitative estimate of drug-likeness (QED) is 0.915. The van der Waals surface area contributed by atoms with Crippen molar-refractivity contribution in [1.82, 2.24) is 9.97 Å². The van der Waals surface area contributed by atoms with Crippen molar-refractivity contribution in [2.24, 2.45) is 0 Å². The van der Waals surface area contributed by atoms with E-state index in [4.69, 9.17) is 9.84 Å². The number of nitrogens with zero attached hydrogens (tertiary/aromatic N) is 2. The summed E-state index contributed by atoms with van der Waals surface area (Å²) in [4.78, 5) is 18.0. The molecule has 1 aromatic carbocycles. The van der Waals surface area contributed by atoms with E-state index in [1.54, 1.807) is 18.2 Å². The summed E-state index contributed by atoms with van der Waals surface area (Å²) in [7, 11) is 0. The Morgan fingerprint density at radius 3 is 2.95 bits per heavy atom. The predicted molar refractivity (Wildman–Crippen MR) is 64.6 cm³/mol. The monoisotopic (exact) mass is 262 g/mol. The average Bonchev–Trinajstić information content (AvgIpc) is 2.35. The smallest absolute Gasteiger partial charge is 0.307 e. The molecule has 1 N–H and O–H groups in total. The predicted octanol–water partition coefficient (Wildman–Crippen LogP) is 2.34. The van der Waals surface area contributed by atoms with Gasteiger partial charge in [0.15, 0.2) is 0 Å². The summed E-state index contributed by atoms with van der Waals surface area (Å²) in [6.07, 6.45) is 1.08. The Bertz CT molecular complexity index is 617. The second-order valence-corrected chi connectivity index (χ2v) is 3.90. The maximum absolute atomic E-state index is 13.7. The van der Waals surface area contributed by atoms with Gasteiger partial charge in [0.05, 0.1) is 12.1 Å². The first-order chi connectivity index (χ1) is 9.06. The Hall–Kier alpha value is -2.50. The van der Waals surface area contributed by atoms with Crippen molar-refractivity contribution in [2.45, 2.75) is 13.3 Å². The van der Waals surface area contributed by atoms with Crippen molar-refractivity contribution in [3.63, 3.8) is 0 Å². The minimum atomic E-state index is -0.943. The number of ether oxygens (including phenoxy) is 1. The number of carbonyl (C=O) groups is 1. The van der Waals surface area contributed by atoms with Crippen LogP contribution in [0.25, 0.3) is 0 Å². The Labute approximate surface area is 108 Å². The first-order valence-corrected chi connectivity index (χ1v) is 5.52. The Kier molecular flexibility index (Phi) is 3.70. The number of hydrogen-bond acceptors (Lipinski definition) is 4. The number of hydrogen-bond donors (Lipinski definition) is 1. The van der Waals surface area contributed by atoms with Crippen molar-refractivity contribution in [1.29, 1.82) is 0 Å². The number of aryl methyl sites for hydroxylation is 1. The molecule has 0 spiro atoms. The summed E-state index contributed by atoms with van der Waals surface area (Å²) in [6.45, 7) is 1.50. The number of carboxylic acid groups (broad SMARTS) is 1. The number of aromatic nitrogens is 2. The highest BCUT2D eigenvalue weighted by molar-refractivity contribution is 5.70. The van der Waals surface area contributed by atoms with Gasteiger partial charge in [-0.2, -0.15) is 9.37 Å². The maximum atomic E-state index is 13.7. The molecule has 0 fully saturated rings. The van der Waals surface area contributed by atoms with Crippen molar-refractivity contribution in [3.8, 4) is 11.6 Å². The lowest BCUT2D eigenvalue weighted by Crippen LogP contribution is -2.00. The molecule has 6 heteroatoms. The van der Waals surface area contributed by atoms with Gasteiger partial charge in [-0.25, -0.2) is 4.98 Å². The van der Waals surface area contributed by atoms with Gasteiger partial charge in [-0.05, 0) is 24.6 Å². The van der Waals surface area contributed by atoms with Crippen LogP contribution in [0.5, 0.6) is 11.6 Å². The van der Waals surface area contributed by atoms with Crippen LogP contribution in [-0.2, 0) is 11.2 Å². The Balaban J connectivity index is 2.23. The van der Waals surface area contributed by atoms with Crippen molar-refractivity contribution >= 4 is 5.97 Å². The van der Waals surface area contributed by atoms with Crippen LogP contribution in [0.3, 0.4) is 0 Å². The third kappa shape index (κ3) is 3.25. The van der Waals surface area contributed by atoms with E-state index >= 15 is 0 Å². The summed E-state index contributed by atoms with van der Waals surface area (Å²) in [5.41, 5.74) is 0.753. The van der Waals surface area contributed by atoms with Crippen LogP contribution in [-0.4, -0.2) is 21.0 Å². The summed E-state index contributed by atoms with van der Waals surface area (Å²) in [5, 5.41) is 8.71. The van der Waals surface area contributed by atoms with E-state index < -0.39 is 11.8 Å². The topological polar surface area (TPSA) is 72.3 Å². The molecule has 2 aromatic rings. The highest BCUT2D eigenvalue weighted by atomic mass is 19.1. The minimum Gasteiger partial charge on any atom is -0.481 e. The fourth-order valence-corrected chi connectivity index (χ4v) is 1.51. The molecule has 0 aliphatic heterocycles. The zero-order valence-corrected chi connectivity index (χ0v) is 10.1. The first-order valence-electron chi connectivity index (χ1n) is 5.52. The van der Waals surface area contributed by atoms with Crippen molar-refractivity contribution < 1.29 is 19.0 Å². The van der Waals surface area contributed by atoms with Crippen molar-refractivity contribution in [3.05, 3.63) is 47.7 Å². The number of halogens is 1. The summed E-state index contributed by atoms with van der Waals surface area (Å²) < 4.78 is 18.9. The SMILES string of the molecule is Cc1ncnc(Oc2cccc(CC(=O)O)c2)c1F. The summed E-state index contributed by atoms with van der Waals surface area (Å²) in [6, 6.07) is 6.43. The van der Waals surface area contributed by atoms with Gasteiger partial charge < -0.3 is 9.84 Å². The molecule has 19 heavy (non-hydrogen) atoms. The second-order valence-electron chi connectivity index (χ2n) is 3.90. The zero-order chi connectivity index (χ0) is 13.8. The number of aliphatic carboxylic acids is 1. The zero-order valence-electron chi connectivity index (χ0n) is 10.1. The lowest BCUT2D eigenvalue weighted by molar-refractivity contribution is -0.136. The van der Waals surface area contributed by atoms with E-state index in [9.17, 15) is 9.18 Å². The largest absolute Gasteiger partial charge is 0.481 e. The second kappa shape index (κ2) is 5.43. The fraction of sp³-hybridized carbons (Fsp3) is 0.154. The normalized spacial score (nSPS) is 10.2. The fourth-order valence-electron chi connectivity index (χ4n) is 1.51. The third-order valence-corrected chi connectivity index (χ3v) is 2.40. The molecular formula is C13H11FN2O3. The molecule has 0 saturated heterocycles. The van der Waals surface area contributed by atoms with E-state index in [0.29, 0.717) is 11.3 Å². The average molecular weight is 262 g/mol. The van der Waals surface area contributed by atoms with Gasteiger partial charge in [-0.3, -0.25) is 4.79 Å². The van der Waals surface area contributed by atoms with Crippen LogP contribution >= 0.6 is 0 Å². The molecule has 0 aliphatic carbocycles. The van der Waals surface area contributed by atoms with Gasteiger partial charge in [-0.1, -0.05) is 12.1 Å². The summed E-state index contributed by atoms with van der Waals surface area (Å²) >= 11 is 0. The first kappa shape index (κ1) is 12.9. The van der Waals surface area contributed by atoms with Crippen LogP contribution in [0.4, 0.5) is 4.39 Å². The van der Waals surface area contributed by atoms with E-state index in [0.717, 1.165) is 0 Å². The van der Waals surface area contributed by atoms with Gasteiger partial charge in [0.1, 0.15) is 12.1 Å².